The van der Waals surface area contributed by atoms with Gasteiger partial charge in [-0.3, -0.25) is 9.69 Å². The summed E-state index contributed by atoms with van der Waals surface area (Å²) < 4.78 is 37.2. The minimum Gasteiger partial charge on any atom is -0.335 e. The molecular weight excluding hydrogens is 285 g/mol. The van der Waals surface area contributed by atoms with Gasteiger partial charge >= 0.3 is 6.18 Å². The lowest BCUT2D eigenvalue weighted by molar-refractivity contribution is -0.145. The molecule has 21 heavy (non-hydrogen) atoms. The zero-order chi connectivity index (χ0) is 15.8. The molecule has 0 radical (unpaired) electrons. The van der Waals surface area contributed by atoms with Crippen LogP contribution in [0, 0.1) is 0 Å². The van der Waals surface area contributed by atoms with Gasteiger partial charge in [-0.2, -0.15) is 13.2 Å². The van der Waals surface area contributed by atoms with Crippen LogP contribution in [0.1, 0.15) is 30.0 Å². The van der Waals surface area contributed by atoms with E-state index in [9.17, 15) is 18.0 Å². The van der Waals surface area contributed by atoms with Gasteiger partial charge in [-0.05, 0) is 20.9 Å². The Labute approximate surface area is 120 Å². The molecule has 0 aliphatic carbocycles. The SMILES string of the molecule is C[C@@H]1CN(C(=O)c2cnc(C(F)(F)F)nc2)C[C@H](C)N1C. The highest BCUT2D eigenvalue weighted by molar-refractivity contribution is 5.93. The summed E-state index contributed by atoms with van der Waals surface area (Å²) in [6.45, 7) is 5.06. The second kappa shape index (κ2) is 5.59. The van der Waals surface area contributed by atoms with E-state index in [1.54, 1.807) is 4.90 Å². The third kappa shape index (κ3) is 3.31. The van der Waals surface area contributed by atoms with Crippen LogP contribution < -0.4 is 0 Å². The highest BCUT2D eigenvalue weighted by Crippen LogP contribution is 2.25. The first-order chi connectivity index (χ1) is 9.70. The van der Waals surface area contributed by atoms with E-state index < -0.39 is 12.0 Å². The third-order valence-electron chi connectivity index (χ3n) is 3.80. The van der Waals surface area contributed by atoms with E-state index >= 15 is 0 Å². The number of aromatic nitrogens is 2. The average molecular weight is 302 g/mol. The van der Waals surface area contributed by atoms with Crippen molar-refractivity contribution in [2.24, 2.45) is 0 Å². The number of alkyl halides is 3. The van der Waals surface area contributed by atoms with Crippen molar-refractivity contribution in [1.29, 1.82) is 0 Å². The van der Waals surface area contributed by atoms with E-state index in [2.05, 4.69) is 14.9 Å². The van der Waals surface area contributed by atoms with Crippen LogP contribution in [0.3, 0.4) is 0 Å². The van der Waals surface area contributed by atoms with Crippen LogP contribution in [0.4, 0.5) is 13.2 Å². The average Bonchev–Trinajstić information content (AvgIpc) is 2.42. The van der Waals surface area contributed by atoms with E-state index in [1.807, 2.05) is 20.9 Å². The van der Waals surface area contributed by atoms with Gasteiger partial charge < -0.3 is 4.90 Å². The molecule has 0 spiro atoms. The lowest BCUT2D eigenvalue weighted by atomic mass is 10.1. The van der Waals surface area contributed by atoms with E-state index in [1.165, 1.54) is 0 Å². The molecule has 2 rings (SSSR count). The molecule has 116 valence electrons. The standard InChI is InChI=1S/C13H17F3N4O/c1-8-6-20(7-9(2)19(8)3)11(21)10-4-17-12(18-5-10)13(14,15)16/h4-5,8-9H,6-7H2,1-3H3/t8-,9+. The molecule has 1 aromatic heterocycles. The predicted octanol–water partition coefficient (Wildman–Crippen LogP) is 1.66. The van der Waals surface area contributed by atoms with Gasteiger partial charge in [-0.15, -0.1) is 0 Å². The molecule has 1 aliphatic heterocycles. The van der Waals surface area contributed by atoms with Crippen molar-refractivity contribution in [3.63, 3.8) is 0 Å². The fourth-order valence-corrected chi connectivity index (χ4v) is 2.34. The molecule has 0 saturated carbocycles. The Morgan fingerprint density at radius 2 is 1.67 bits per heavy atom. The number of halogens is 3. The van der Waals surface area contributed by atoms with Crippen LogP contribution in [-0.2, 0) is 6.18 Å². The maximum Gasteiger partial charge on any atom is 0.451 e. The Morgan fingerprint density at radius 3 is 2.10 bits per heavy atom. The number of rotatable bonds is 1. The number of likely N-dealkylation sites (N-methyl/N-ethyl adjacent to an activating group) is 1. The minimum atomic E-state index is -4.60. The summed E-state index contributed by atoms with van der Waals surface area (Å²) >= 11 is 0. The number of nitrogens with zero attached hydrogens (tertiary/aromatic N) is 4. The van der Waals surface area contributed by atoms with E-state index in [0.29, 0.717) is 13.1 Å². The van der Waals surface area contributed by atoms with E-state index in [0.717, 1.165) is 12.4 Å². The van der Waals surface area contributed by atoms with Gasteiger partial charge in [0.05, 0.1) is 5.56 Å². The summed E-state index contributed by atoms with van der Waals surface area (Å²) in [5.74, 6) is -1.57. The van der Waals surface area contributed by atoms with Gasteiger partial charge in [-0.25, -0.2) is 9.97 Å². The van der Waals surface area contributed by atoms with Gasteiger partial charge in [0.25, 0.3) is 5.91 Å². The van der Waals surface area contributed by atoms with Crippen molar-refractivity contribution in [3.8, 4) is 0 Å². The molecule has 2 atom stereocenters. The van der Waals surface area contributed by atoms with Gasteiger partial charge in [0.1, 0.15) is 0 Å². The van der Waals surface area contributed by atoms with Crippen LogP contribution in [0.2, 0.25) is 0 Å². The Morgan fingerprint density at radius 1 is 1.19 bits per heavy atom. The largest absolute Gasteiger partial charge is 0.451 e. The number of hydrogen-bond acceptors (Lipinski definition) is 4. The summed E-state index contributed by atoms with van der Waals surface area (Å²) in [4.78, 5) is 22.5. The second-order valence-electron chi connectivity index (χ2n) is 5.37. The van der Waals surface area contributed by atoms with Crippen LogP contribution in [-0.4, -0.2) is 57.9 Å². The summed E-state index contributed by atoms with van der Waals surface area (Å²) in [5, 5.41) is 0. The maximum atomic E-state index is 12.4. The summed E-state index contributed by atoms with van der Waals surface area (Å²) in [6.07, 6.45) is -2.73. The summed E-state index contributed by atoms with van der Waals surface area (Å²) in [7, 11) is 1.98. The molecule has 1 fully saturated rings. The first kappa shape index (κ1) is 15.7. The summed E-state index contributed by atoms with van der Waals surface area (Å²) in [6, 6.07) is 0.376. The van der Waals surface area contributed by atoms with Crippen LogP contribution >= 0.6 is 0 Å². The van der Waals surface area contributed by atoms with Crippen molar-refractivity contribution in [2.75, 3.05) is 20.1 Å². The van der Waals surface area contributed by atoms with E-state index in [-0.39, 0.29) is 23.6 Å². The number of hydrogen-bond donors (Lipinski definition) is 0. The third-order valence-corrected chi connectivity index (χ3v) is 3.80. The van der Waals surface area contributed by atoms with Crippen LogP contribution in [0.15, 0.2) is 12.4 Å². The van der Waals surface area contributed by atoms with Gasteiger partial charge in [-0.1, -0.05) is 0 Å². The topological polar surface area (TPSA) is 49.3 Å². The van der Waals surface area contributed by atoms with Gasteiger partial charge in [0.15, 0.2) is 0 Å². The molecular formula is C13H17F3N4O. The van der Waals surface area contributed by atoms with Crippen molar-refractivity contribution in [2.45, 2.75) is 32.1 Å². The molecule has 0 unspecified atom stereocenters. The molecule has 2 heterocycles. The molecule has 5 nitrogen and oxygen atoms in total. The normalized spacial score (nSPS) is 24.2. The van der Waals surface area contributed by atoms with Crippen molar-refractivity contribution in [1.82, 2.24) is 19.8 Å². The monoisotopic (exact) mass is 302 g/mol. The van der Waals surface area contributed by atoms with Crippen LogP contribution in [0.25, 0.3) is 0 Å². The quantitative estimate of drug-likeness (QED) is 0.791. The summed E-state index contributed by atoms with van der Waals surface area (Å²) in [5.41, 5.74) is 0.0759. The zero-order valence-corrected chi connectivity index (χ0v) is 12.1. The van der Waals surface area contributed by atoms with Crippen molar-refractivity contribution >= 4 is 5.91 Å². The first-order valence-electron chi connectivity index (χ1n) is 6.60. The minimum absolute atomic E-state index is 0.0759. The van der Waals surface area contributed by atoms with E-state index in [4.69, 9.17) is 0 Å². The van der Waals surface area contributed by atoms with Crippen LogP contribution in [0.5, 0.6) is 0 Å². The van der Waals surface area contributed by atoms with Crippen molar-refractivity contribution < 1.29 is 18.0 Å². The van der Waals surface area contributed by atoms with Crippen molar-refractivity contribution in [3.05, 3.63) is 23.8 Å². The highest BCUT2D eigenvalue weighted by Gasteiger charge is 2.35. The fraction of sp³-hybridized carbons (Fsp3) is 0.615. The number of carbonyl (C=O) groups excluding carboxylic acids is 1. The smallest absolute Gasteiger partial charge is 0.335 e. The molecule has 0 N–H and O–H groups in total. The second-order valence-corrected chi connectivity index (χ2v) is 5.37. The number of amides is 1. The Bertz CT molecular complexity index is 505. The Hall–Kier alpha value is -1.70. The molecule has 1 saturated heterocycles. The predicted molar refractivity (Wildman–Crippen MR) is 69.6 cm³/mol. The lowest BCUT2D eigenvalue weighted by Gasteiger charge is -2.42. The Balaban J connectivity index is 2.13. The molecule has 8 heteroatoms. The molecule has 1 amide bonds. The molecule has 0 aromatic carbocycles. The Kier molecular flexibility index (Phi) is 4.18. The number of piperazine rings is 1. The molecule has 1 aliphatic rings. The highest BCUT2D eigenvalue weighted by atomic mass is 19.4. The number of carbonyl (C=O) groups is 1. The first-order valence-corrected chi connectivity index (χ1v) is 6.60. The van der Waals surface area contributed by atoms with Gasteiger partial charge in [0, 0.05) is 37.6 Å². The van der Waals surface area contributed by atoms with Gasteiger partial charge in [0.2, 0.25) is 5.82 Å². The maximum absolute atomic E-state index is 12.4. The fourth-order valence-electron chi connectivity index (χ4n) is 2.34. The molecule has 1 aromatic rings. The zero-order valence-electron chi connectivity index (χ0n) is 12.1. The lowest BCUT2D eigenvalue weighted by Crippen LogP contribution is -2.56. The molecule has 0 bridgehead atoms.